The smallest absolute Gasteiger partial charge is 0.269 e. The summed E-state index contributed by atoms with van der Waals surface area (Å²) >= 11 is 4.78. The fraction of sp³-hybridized carbons (Fsp3) is 0. The van der Waals surface area contributed by atoms with Gasteiger partial charge < -0.3 is 9.97 Å². The van der Waals surface area contributed by atoms with Crippen molar-refractivity contribution in [2.45, 2.75) is 0 Å². The molecule has 22 heavy (non-hydrogen) atoms. The maximum Gasteiger partial charge on any atom is 0.269 e. The molecule has 0 aliphatic heterocycles. The first-order valence-corrected chi connectivity index (χ1v) is 8.26. The molecule has 4 rings (SSSR count). The van der Waals surface area contributed by atoms with Crippen LogP contribution in [0, 0.1) is 0 Å². The molecule has 6 heteroatoms. The molecule has 2 N–H and O–H groups in total. The summed E-state index contributed by atoms with van der Waals surface area (Å²) in [5.74, 6) is 0.546. The summed E-state index contributed by atoms with van der Waals surface area (Å²) in [5.41, 5.74) is 3.46. The van der Waals surface area contributed by atoms with E-state index in [0.29, 0.717) is 16.0 Å². The standard InChI is InChI=1S/C16H10BrN3OS/c17-13-8-12-14(22-13)16(21)20-15(19-12)11-7-6-10(18-11)9-4-2-1-3-5-9/h1-8,18H,(H,19,20,21). The van der Waals surface area contributed by atoms with E-state index < -0.39 is 0 Å². The topological polar surface area (TPSA) is 61.5 Å². The summed E-state index contributed by atoms with van der Waals surface area (Å²) in [6, 6.07) is 15.8. The Bertz CT molecular complexity index is 1020. The SMILES string of the molecule is O=c1[nH]c(-c2ccc(-c3ccccc3)[nH]2)nc2cc(Br)sc12. The molecule has 3 aromatic heterocycles. The average Bonchev–Trinajstić information content (AvgIpc) is 3.14. The van der Waals surface area contributed by atoms with Gasteiger partial charge in [0, 0.05) is 5.69 Å². The number of fused-ring (bicyclic) bond motifs is 1. The minimum absolute atomic E-state index is 0.119. The van der Waals surface area contributed by atoms with Gasteiger partial charge in [-0.15, -0.1) is 11.3 Å². The van der Waals surface area contributed by atoms with Crippen molar-refractivity contribution < 1.29 is 0 Å². The number of rotatable bonds is 2. The van der Waals surface area contributed by atoms with Gasteiger partial charge in [0.25, 0.3) is 5.56 Å². The molecule has 108 valence electrons. The molecular formula is C16H10BrN3OS. The van der Waals surface area contributed by atoms with E-state index in [0.717, 1.165) is 20.7 Å². The van der Waals surface area contributed by atoms with Gasteiger partial charge in [-0.25, -0.2) is 4.98 Å². The molecule has 0 spiro atoms. The Hall–Kier alpha value is -2.18. The normalized spacial score (nSPS) is 11.1. The minimum Gasteiger partial charge on any atom is -0.352 e. The zero-order chi connectivity index (χ0) is 15.1. The quantitative estimate of drug-likeness (QED) is 0.548. The van der Waals surface area contributed by atoms with Crippen LogP contribution in [0.2, 0.25) is 0 Å². The van der Waals surface area contributed by atoms with Crippen LogP contribution in [0.15, 0.2) is 57.1 Å². The molecule has 0 radical (unpaired) electrons. The van der Waals surface area contributed by atoms with Crippen molar-refractivity contribution in [2.24, 2.45) is 0 Å². The Kier molecular flexibility index (Phi) is 3.20. The second-order valence-electron chi connectivity index (χ2n) is 4.83. The lowest BCUT2D eigenvalue weighted by Crippen LogP contribution is -2.07. The van der Waals surface area contributed by atoms with Crippen LogP contribution >= 0.6 is 27.3 Å². The van der Waals surface area contributed by atoms with E-state index in [4.69, 9.17) is 0 Å². The molecule has 1 aromatic carbocycles. The second kappa shape index (κ2) is 5.23. The van der Waals surface area contributed by atoms with Crippen molar-refractivity contribution in [3.8, 4) is 22.8 Å². The highest BCUT2D eigenvalue weighted by Crippen LogP contribution is 2.28. The third-order valence-electron chi connectivity index (χ3n) is 3.38. The van der Waals surface area contributed by atoms with Crippen molar-refractivity contribution in [1.82, 2.24) is 15.0 Å². The molecule has 0 unspecified atom stereocenters. The summed E-state index contributed by atoms with van der Waals surface area (Å²) in [4.78, 5) is 22.8. The first-order valence-electron chi connectivity index (χ1n) is 6.65. The van der Waals surface area contributed by atoms with Crippen LogP contribution in [0.1, 0.15) is 0 Å². The van der Waals surface area contributed by atoms with E-state index in [-0.39, 0.29) is 5.56 Å². The summed E-state index contributed by atoms with van der Waals surface area (Å²) in [6.07, 6.45) is 0. The number of nitrogens with zero attached hydrogens (tertiary/aromatic N) is 1. The number of halogens is 1. The third kappa shape index (κ3) is 2.30. The lowest BCUT2D eigenvalue weighted by molar-refractivity contribution is 1.16. The Labute approximate surface area is 138 Å². The van der Waals surface area contributed by atoms with Gasteiger partial charge in [0.2, 0.25) is 0 Å². The fourth-order valence-electron chi connectivity index (χ4n) is 2.36. The number of hydrogen-bond donors (Lipinski definition) is 2. The molecule has 4 aromatic rings. The molecule has 0 bridgehead atoms. The van der Waals surface area contributed by atoms with E-state index >= 15 is 0 Å². The van der Waals surface area contributed by atoms with Crippen molar-refractivity contribution in [3.63, 3.8) is 0 Å². The maximum absolute atomic E-state index is 12.1. The van der Waals surface area contributed by atoms with Gasteiger partial charge in [-0.1, -0.05) is 30.3 Å². The van der Waals surface area contributed by atoms with Gasteiger partial charge in [0.1, 0.15) is 4.70 Å². The van der Waals surface area contributed by atoms with Crippen LogP contribution in [0.4, 0.5) is 0 Å². The molecule has 0 saturated carbocycles. The van der Waals surface area contributed by atoms with E-state index in [1.165, 1.54) is 11.3 Å². The Morgan fingerprint density at radius 1 is 1.00 bits per heavy atom. The van der Waals surface area contributed by atoms with Gasteiger partial charge in [0.15, 0.2) is 5.82 Å². The Balaban J connectivity index is 1.83. The lowest BCUT2D eigenvalue weighted by Gasteiger charge is -1.99. The van der Waals surface area contributed by atoms with Crippen LogP contribution in [-0.2, 0) is 0 Å². The predicted molar refractivity (Wildman–Crippen MR) is 93.2 cm³/mol. The molecular weight excluding hydrogens is 362 g/mol. The van der Waals surface area contributed by atoms with E-state index in [2.05, 4.69) is 30.9 Å². The highest BCUT2D eigenvalue weighted by molar-refractivity contribution is 9.11. The second-order valence-corrected chi connectivity index (χ2v) is 7.26. The molecule has 0 aliphatic rings. The largest absolute Gasteiger partial charge is 0.352 e. The molecule has 0 saturated heterocycles. The highest BCUT2D eigenvalue weighted by Gasteiger charge is 2.11. The van der Waals surface area contributed by atoms with Crippen molar-refractivity contribution in [1.29, 1.82) is 0 Å². The van der Waals surface area contributed by atoms with Gasteiger partial charge in [0.05, 0.1) is 15.0 Å². The van der Waals surface area contributed by atoms with Gasteiger partial charge in [-0.05, 0) is 39.7 Å². The Morgan fingerprint density at radius 2 is 1.77 bits per heavy atom. The minimum atomic E-state index is -0.119. The van der Waals surface area contributed by atoms with E-state index in [9.17, 15) is 4.79 Å². The number of nitrogens with one attached hydrogen (secondary N) is 2. The van der Waals surface area contributed by atoms with Gasteiger partial charge in [-0.2, -0.15) is 0 Å². The van der Waals surface area contributed by atoms with Crippen LogP contribution in [0.25, 0.3) is 33.0 Å². The van der Waals surface area contributed by atoms with Crippen LogP contribution in [0.5, 0.6) is 0 Å². The van der Waals surface area contributed by atoms with Crippen LogP contribution < -0.4 is 5.56 Å². The number of aromatic nitrogens is 3. The van der Waals surface area contributed by atoms with Crippen molar-refractivity contribution >= 4 is 37.5 Å². The van der Waals surface area contributed by atoms with Crippen molar-refractivity contribution in [2.75, 3.05) is 0 Å². The first-order chi connectivity index (χ1) is 10.7. The van der Waals surface area contributed by atoms with Crippen LogP contribution in [0.3, 0.4) is 0 Å². The number of hydrogen-bond acceptors (Lipinski definition) is 3. The van der Waals surface area contributed by atoms with Gasteiger partial charge >= 0.3 is 0 Å². The zero-order valence-corrected chi connectivity index (χ0v) is 13.7. The summed E-state index contributed by atoms with van der Waals surface area (Å²) in [7, 11) is 0. The third-order valence-corrected chi connectivity index (χ3v) is 5.00. The molecule has 4 nitrogen and oxygen atoms in total. The highest BCUT2D eigenvalue weighted by atomic mass is 79.9. The summed E-state index contributed by atoms with van der Waals surface area (Å²) in [6.45, 7) is 0. The molecule has 0 amide bonds. The van der Waals surface area contributed by atoms with Crippen LogP contribution in [-0.4, -0.2) is 15.0 Å². The maximum atomic E-state index is 12.1. The summed E-state index contributed by atoms with van der Waals surface area (Å²) < 4.78 is 1.53. The summed E-state index contributed by atoms with van der Waals surface area (Å²) in [5, 5.41) is 0. The van der Waals surface area contributed by atoms with Gasteiger partial charge in [-0.3, -0.25) is 4.79 Å². The predicted octanol–water partition coefficient (Wildman–Crippen LogP) is 4.41. The monoisotopic (exact) mass is 371 g/mol. The number of benzene rings is 1. The lowest BCUT2D eigenvalue weighted by atomic mass is 10.2. The fourth-order valence-corrected chi connectivity index (χ4v) is 3.78. The molecule has 0 aliphatic carbocycles. The molecule has 0 fully saturated rings. The number of aromatic amines is 2. The zero-order valence-electron chi connectivity index (χ0n) is 11.3. The van der Waals surface area contributed by atoms with E-state index in [1.54, 1.807) is 0 Å². The number of H-pyrrole nitrogens is 2. The first kappa shape index (κ1) is 13.5. The molecule has 0 atom stereocenters. The van der Waals surface area contributed by atoms with E-state index in [1.807, 2.05) is 48.5 Å². The Morgan fingerprint density at radius 3 is 2.59 bits per heavy atom. The number of thiophene rings is 1. The average molecular weight is 372 g/mol. The molecule has 3 heterocycles. The van der Waals surface area contributed by atoms with Crippen molar-refractivity contribution in [3.05, 3.63) is 62.7 Å².